The van der Waals surface area contributed by atoms with E-state index in [4.69, 9.17) is 5.11 Å². The predicted molar refractivity (Wildman–Crippen MR) is 52.1 cm³/mol. The van der Waals surface area contributed by atoms with E-state index in [0.717, 1.165) is 0 Å². The second kappa shape index (κ2) is 3.79. The number of halogens is 1. The van der Waals surface area contributed by atoms with Gasteiger partial charge in [-0.25, -0.2) is 4.79 Å². The van der Waals surface area contributed by atoms with Gasteiger partial charge in [-0.3, -0.25) is 0 Å². The maximum atomic E-state index is 10.7. The van der Waals surface area contributed by atoms with Crippen molar-refractivity contribution in [2.24, 2.45) is 0 Å². The van der Waals surface area contributed by atoms with Gasteiger partial charge < -0.3 is 10.2 Å². The highest BCUT2D eigenvalue weighted by Gasteiger charge is 2.11. The first kappa shape index (κ1) is 10.1. The quantitative estimate of drug-likeness (QED) is 0.841. The summed E-state index contributed by atoms with van der Waals surface area (Å²) < 4.78 is 0.405. The number of rotatable bonds is 2. The number of aromatic hydroxyl groups is 1. The van der Waals surface area contributed by atoms with Gasteiger partial charge in [0.2, 0.25) is 0 Å². The van der Waals surface area contributed by atoms with Gasteiger partial charge in [-0.1, -0.05) is 6.92 Å². The molecule has 0 aliphatic heterocycles. The molecule has 0 fully saturated rings. The van der Waals surface area contributed by atoms with Crippen molar-refractivity contribution in [1.82, 2.24) is 0 Å². The first-order valence-corrected chi connectivity index (χ1v) is 4.60. The summed E-state index contributed by atoms with van der Waals surface area (Å²) in [7, 11) is 0. The van der Waals surface area contributed by atoms with Crippen LogP contribution in [-0.4, -0.2) is 16.2 Å². The molecule has 0 saturated carbocycles. The molecule has 13 heavy (non-hydrogen) atoms. The van der Waals surface area contributed by atoms with E-state index in [0.29, 0.717) is 16.5 Å². The van der Waals surface area contributed by atoms with Gasteiger partial charge in [-0.2, -0.15) is 0 Å². The molecule has 1 rings (SSSR count). The fraction of sp³-hybridized carbons (Fsp3) is 0.222. The fourth-order valence-electron chi connectivity index (χ4n) is 1.10. The minimum absolute atomic E-state index is 0.0712. The molecule has 0 atom stereocenters. The molecule has 0 bridgehead atoms. The molecule has 0 amide bonds. The second-order valence-electron chi connectivity index (χ2n) is 2.62. The van der Waals surface area contributed by atoms with E-state index in [1.54, 1.807) is 0 Å². The van der Waals surface area contributed by atoms with Crippen LogP contribution in [0.25, 0.3) is 0 Å². The Bertz CT molecular complexity index is 347. The summed E-state index contributed by atoms with van der Waals surface area (Å²) in [6.07, 6.45) is 0.586. The van der Waals surface area contributed by atoms with Crippen LogP contribution in [-0.2, 0) is 6.42 Å². The van der Waals surface area contributed by atoms with E-state index in [-0.39, 0.29) is 11.3 Å². The lowest BCUT2D eigenvalue weighted by Gasteiger charge is -2.05. The van der Waals surface area contributed by atoms with Gasteiger partial charge in [0, 0.05) is 0 Å². The van der Waals surface area contributed by atoms with Crippen LogP contribution in [0.5, 0.6) is 5.75 Å². The molecule has 0 aromatic heterocycles. The standard InChI is InChI=1S/C9H9BrO3/c1-2-5-3-8(11)7(10)4-6(5)9(12)13/h3-4,11H,2H2,1H3,(H,12,13). The van der Waals surface area contributed by atoms with Gasteiger partial charge in [0.1, 0.15) is 5.75 Å². The zero-order valence-corrected chi connectivity index (χ0v) is 8.63. The van der Waals surface area contributed by atoms with Crippen LogP contribution in [0.3, 0.4) is 0 Å². The smallest absolute Gasteiger partial charge is 0.336 e. The predicted octanol–water partition coefficient (Wildman–Crippen LogP) is 2.42. The molecule has 70 valence electrons. The molecule has 0 spiro atoms. The Kier molecular flexibility index (Phi) is 2.93. The lowest BCUT2D eigenvalue weighted by Crippen LogP contribution is -2.01. The van der Waals surface area contributed by atoms with Crippen LogP contribution in [0.1, 0.15) is 22.8 Å². The van der Waals surface area contributed by atoms with Gasteiger partial charge >= 0.3 is 5.97 Å². The van der Waals surface area contributed by atoms with Crippen LogP contribution in [0, 0.1) is 0 Å². The molecule has 0 saturated heterocycles. The Balaban J connectivity index is 3.33. The number of phenols is 1. The normalized spacial score (nSPS) is 10.0. The Morgan fingerprint density at radius 2 is 2.15 bits per heavy atom. The van der Waals surface area contributed by atoms with E-state index in [1.165, 1.54) is 12.1 Å². The van der Waals surface area contributed by atoms with Crippen LogP contribution < -0.4 is 0 Å². The lowest BCUT2D eigenvalue weighted by molar-refractivity contribution is 0.0695. The SMILES string of the molecule is CCc1cc(O)c(Br)cc1C(=O)O. The average Bonchev–Trinajstić information content (AvgIpc) is 2.08. The maximum absolute atomic E-state index is 10.7. The van der Waals surface area contributed by atoms with Gasteiger partial charge in [-0.15, -0.1) is 0 Å². The zero-order chi connectivity index (χ0) is 10.0. The number of carboxylic acids is 1. The molecule has 3 nitrogen and oxygen atoms in total. The summed E-state index contributed by atoms with van der Waals surface area (Å²) in [5.74, 6) is -0.903. The zero-order valence-electron chi connectivity index (χ0n) is 7.04. The van der Waals surface area contributed by atoms with Crippen molar-refractivity contribution < 1.29 is 15.0 Å². The molecule has 2 N–H and O–H groups in total. The number of hydrogen-bond donors (Lipinski definition) is 2. The van der Waals surface area contributed by atoms with E-state index in [9.17, 15) is 9.90 Å². The number of carboxylic acid groups (broad SMARTS) is 1. The molecule has 0 aliphatic carbocycles. The summed E-state index contributed by atoms with van der Waals surface area (Å²) in [5, 5.41) is 18.1. The molecular weight excluding hydrogens is 236 g/mol. The molecule has 0 aliphatic rings. The van der Waals surface area contributed by atoms with Gasteiger partial charge in [0.15, 0.2) is 0 Å². The molecule has 0 heterocycles. The van der Waals surface area contributed by atoms with Gasteiger partial charge in [-0.05, 0) is 40.0 Å². The minimum Gasteiger partial charge on any atom is -0.507 e. The number of hydrogen-bond acceptors (Lipinski definition) is 2. The fourth-order valence-corrected chi connectivity index (χ4v) is 1.44. The van der Waals surface area contributed by atoms with Crippen LogP contribution in [0.4, 0.5) is 0 Å². The van der Waals surface area contributed by atoms with Gasteiger partial charge in [0.05, 0.1) is 10.0 Å². The Labute approximate surface area is 84.1 Å². The van der Waals surface area contributed by atoms with Crippen molar-refractivity contribution >= 4 is 21.9 Å². The van der Waals surface area contributed by atoms with Crippen LogP contribution >= 0.6 is 15.9 Å². The van der Waals surface area contributed by atoms with Gasteiger partial charge in [0.25, 0.3) is 0 Å². The Morgan fingerprint density at radius 1 is 1.54 bits per heavy atom. The van der Waals surface area contributed by atoms with Crippen molar-refractivity contribution in [3.05, 3.63) is 27.7 Å². The van der Waals surface area contributed by atoms with E-state index >= 15 is 0 Å². The largest absolute Gasteiger partial charge is 0.507 e. The first-order valence-electron chi connectivity index (χ1n) is 3.81. The number of aromatic carboxylic acids is 1. The molecule has 1 aromatic carbocycles. The van der Waals surface area contributed by atoms with Crippen molar-refractivity contribution in [2.75, 3.05) is 0 Å². The van der Waals surface area contributed by atoms with E-state index in [2.05, 4.69) is 15.9 Å². The summed E-state index contributed by atoms with van der Waals surface area (Å²) in [6, 6.07) is 2.88. The highest BCUT2D eigenvalue weighted by Crippen LogP contribution is 2.27. The third-order valence-electron chi connectivity index (χ3n) is 1.78. The summed E-state index contributed by atoms with van der Waals surface area (Å²) in [4.78, 5) is 10.7. The Morgan fingerprint density at radius 3 is 2.62 bits per heavy atom. The van der Waals surface area contributed by atoms with Crippen molar-refractivity contribution in [1.29, 1.82) is 0 Å². The highest BCUT2D eigenvalue weighted by atomic mass is 79.9. The molecular formula is C9H9BrO3. The summed E-state index contributed by atoms with van der Waals surface area (Å²) in [5.41, 5.74) is 0.861. The molecule has 0 unspecified atom stereocenters. The van der Waals surface area contributed by atoms with E-state index < -0.39 is 5.97 Å². The third kappa shape index (κ3) is 2.01. The average molecular weight is 245 g/mol. The number of aryl methyl sites for hydroxylation is 1. The summed E-state index contributed by atoms with van der Waals surface area (Å²) in [6.45, 7) is 1.84. The second-order valence-corrected chi connectivity index (χ2v) is 3.47. The summed E-state index contributed by atoms with van der Waals surface area (Å²) >= 11 is 3.06. The van der Waals surface area contributed by atoms with Crippen molar-refractivity contribution in [3.8, 4) is 5.75 Å². The topological polar surface area (TPSA) is 57.5 Å². The Hall–Kier alpha value is -1.03. The maximum Gasteiger partial charge on any atom is 0.336 e. The number of carbonyl (C=O) groups is 1. The highest BCUT2D eigenvalue weighted by molar-refractivity contribution is 9.10. The number of benzene rings is 1. The third-order valence-corrected chi connectivity index (χ3v) is 2.42. The van der Waals surface area contributed by atoms with Crippen molar-refractivity contribution in [3.63, 3.8) is 0 Å². The molecule has 0 radical (unpaired) electrons. The number of phenolic OH excluding ortho intramolecular Hbond substituents is 1. The lowest BCUT2D eigenvalue weighted by atomic mass is 10.1. The van der Waals surface area contributed by atoms with Crippen LogP contribution in [0.15, 0.2) is 16.6 Å². The molecule has 4 heteroatoms. The van der Waals surface area contributed by atoms with Crippen molar-refractivity contribution in [2.45, 2.75) is 13.3 Å². The molecule has 1 aromatic rings. The van der Waals surface area contributed by atoms with Crippen LogP contribution in [0.2, 0.25) is 0 Å². The van der Waals surface area contributed by atoms with E-state index in [1.807, 2.05) is 6.92 Å². The first-order chi connectivity index (χ1) is 6.06. The monoisotopic (exact) mass is 244 g/mol. The minimum atomic E-state index is -0.974.